The maximum atomic E-state index is 6.09. The zero-order chi connectivity index (χ0) is 13.0. The summed E-state index contributed by atoms with van der Waals surface area (Å²) in [5, 5.41) is 4.34. The van der Waals surface area contributed by atoms with Crippen LogP contribution in [-0.4, -0.2) is 6.54 Å². The van der Waals surface area contributed by atoms with Crippen LogP contribution in [0.25, 0.3) is 0 Å². The molecule has 0 heterocycles. The molecule has 94 valence electrons. The van der Waals surface area contributed by atoms with Gasteiger partial charge in [0.05, 0.1) is 15.7 Å². The minimum atomic E-state index is 0.549. The van der Waals surface area contributed by atoms with E-state index in [0.29, 0.717) is 15.7 Å². The van der Waals surface area contributed by atoms with Gasteiger partial charge in [-0.1, -0.05) is 53.5 Å². The molecule has 2 aromatic carbocycles. The van der Waals surface area contributed by atoms with Crippen molar-refractivity contribution in [3.63, 3.8) is 0 Å². The highest BCUT2D eigenvalue weighted by atomic mass is 35.5. The van der Waals surface area contributed by atoms with E-state index in [1.165, 1.54) is 5.56 Å². The maximum absolute atomic E-state index is 6.09. The molecule has 0 atom stereocenters. The Morgan fingerprint density at radius 2 is 1.61 bits per heavy atom. The smallest absolute Gasteiger partial charge is 0.0720 e. The third kappa shape index (κ3) is 3.31. The number of hydrogen-bond acceptors (Lipinski definition) is 2. The Kier molecular flexibility index (Phi) is 4.34. The average Bonchev–Trinajstić information content (AvgIpc) is 2.34. The van der Waals surface area contributed by atoms with Gasteiger partial charge in [-0.2, -0.15) is 0 Å². The van der Waals surface area contributed by atoms with Gasteiger partial charge in [-0.15, -0.1) is 0 Å². The lowest BCUT2D eigenvalue weighted by atomic mass is 10.1. The van der Waals surface area contributed by atoms with Crippen LogP contribution in [0.1, 0.15) is 5.56 Å². The third-order valence-electron chi connectivity index (χ3n) is 2.62. The molecule has 2 aromatic rings. The van der Waals surface area contributed by atoms with Crippen LogP contribution in [-0.2, 0) is 6.42 Å². The van der Waals surface area contributed by atoms with Crippen molar-refractivity contribution in [2.24, 2.45) is 0 Å². The van der Waals surface area contributed by atoms with Gasteiger partial charge in [0.25, 0.3) is 0 Å². The summed E-state index contributed by atoms with van der Waals surface area (Å²) in [5.41, 5.74) is 8.23. The normalized spacial score (nSPS) is 10.3. The predicted octanol–water partition coefficient (Wildman–Crippen LogP) is 4.23. The summed E-state index contributed by atoms with van der Waals surface area (Å²) < 4.78 is 0. The molecule has 0 aliphatic rings. The van der Waals surface area contributed by atoms with E-state index in [9.17, 15) is 0 Å². The fourth-order valence-electron chi connectivity index (χ4n) is 1.74. The van der Waals surface area contributed by atoms with E-state index >= 15 is 0 Å². The molecule has 2 rings (SSSR count). The minimum Gasteiger partial charge on any atom is -0.399 e. The van der Waals surface area contributed by atoms with Crippen LogP contribution >= 0.6 is 23.2 Å². The first-order valence-electron chi connectivity index (χ1n) is 5.69. The molecule has 0 unspecified atom stereocenters. The molecule has 0 saturated heterocycles. The van der Waals surface area contributed by atoms with E-state index in [4.69, 9.17) is 28.9 Å². The summed E-state index contributed by atoms with van der Waals surface area (Å²) in [5.74, 6) is 0. The Hall–Kier alpha value is -1.38. The van der Waals surface area contributed by atoms with Crippen LogP contribution < -0.4 is 11.1 Å². The van der Waals surface area contributed by atoms with Crippen molar-refractivity contribution in [1.82, 2.24) is 0 Å². The number of nitrogen functional groups attached to an aromatic ring is 1. The minimum absolute atomic E-state index is 0.549. The fraction of sp³-hybridized carbons (Fsp3) is 0.143. The lowest BCUT2D eigenvalue weighted by Gasteiger charge is -2.11. The van der Waals surface area contributed by atoms with Gasteiger partial charge in [0.1, 0.15) is 0 Å². The van der Waals surface area contributed by atoms with E-state index in [1.807, 2.05) is 18.2 Å². The number of anilines is 2. The molecule has 0 amide bonds. The molecule has 0 aliphatic heterocycles. The van der Waals surface area contributed by atoms with E-state index in [1.54, 1.807) is 12.1 Å². The number of halogens is 2. The highest BCUT2D eigenvalue weighted by Crippen LogP contribution is 2.32. The fourth-order valence-corrected chi connectivity index (χ4v) is 2.38. The van der Waals surface area contributed by atoms with Crippen LogP contribution in [0.5, 0.6) is 0 Å². The number of nitrogens with one attached hydrogen (secondary N) is 1. The first kappa shape index (κ1) is 13.1. The highest BCUT2D eigenvalue weighted by Gasteiger charge is 2.06. The Balaban J connectivity index is 1.99. The topological polar surface area (TPSA) is 38.0 Å². The van der Waals surface area contributed by atoms with E-state index in [-0.39, 0.29) is 0 Å². The van der Waals surface area contributed by atoms with Gasteiger partial charge in [-0.3, -0.25) is 0 Å². The van der Waals surface area contributed by atoms with Crippen molar-refractivity contribution >= 4 is 34.6 Å². The molecular weight excluding hydrogens is 267 g/mol. The molecule has 4 heteroatoms. The summed E-state index contributed by atoms with van der Waals surface area (Å²) in [6.45, 7) is 0.771. The molecule has 18 heavy (non-hydrogen) atoms. The van der Waals surface area contributed by atoms with Crippen molar-refractivity contribution < 1.29 is 0 Å². The monoisotopic (exact) mass is 280 g/mol. The van der Waals surface area contributed by atoms with Gasteiger partial charge in [-0.05, 0) is 24.1 Å². The summed E-state index contributed by atoms with van der Waals surface area (Å²) >= 11 is 12.2. The summed E-state index contributed by atoms with van der Waals surface area (Å²) in [7, 11) is 0. The standard InChI is InChI=1S/C14H14Cl2N2/c15-12-8-11(17)9-13(16)14(12)18-7-6-10-4-2-1-3-5-10/h1-5,8-9,18H,6-7,17H2. The van der Waals surface area contributed by atoms with E-state index in [0.717, 1.165) is 18.7 Å². The highest BCUT2D eigenvalue weighted by molar-refractivity contribution is 6.39. The first-order valence-corrected chi connectivity index (χ1v) is 6.45. The Labute approximate surface area is 117 Å². The van der Waals surface area contributed by atoms with Crippen molar-refractivity contribution in [3.8, 4) is 0 Å². The van der Waals surface area contributed by atoms with E-state index in [2.05, 4.69) is 17.4 Å². The number of rotatable bonds is 4. The average molecular weight is 281 g/mol. The van der Waals surface area contributed by atoms with Gasteiger partial charge >= 0.3 is 0 Å². The second kappa shape index (κ2) is 5.98. The molecule has 3 N–H and O–H groups in total. The molecule has 0 saturated carbocycles. The molecule has 0 bridgehead atoms. The number of hydrogen-bond donors (Lipinski definition) is 2. The summed E-state index contributed by atoms with van der Waals surface area (Å²) in [6.07, 6.45) is 0.915. The maximum Gasteiger partial charge on any atom is 0.0720 e. The van der Waals surface area contributed by atoms with Crippen LogP contribution in [0.15, 0.2) is 42.5 Å². The SMILES string of the molecule is Nc1cc(Cl)c(NCCc2ccccc2)c(Cl)c1. The molecule has 0 aliphatic carbocycles. The van der Waals surface area contributed by atoms with Crippen LogP contribution in [0, 0.1) is 0 Å². The summed E-state index contributed by atoms with van der Waals surface area (Å²) in [6, 6.07) is 13.6. The molecule has 0 fully saturated rings. The molecule has 2 nitrogen and oxygen atoms in total. The zero-order valence-corrected chi connectivity index (χ0v) is 11.3. The second-order valence-corrected chi connectivity index (χ2v) is 4.84. The zero-order valence-electron chi connectivity index (χ0n) is 9.79. The second-order valence-electron chi connectivity index (χ2n) is 4.02. The van der Waals surface area contributed by atoms with Crippen molar-refractivity contribution in [2.75, 3.05) is 17.6 Å². The number of benzene rings is 2. The molecule has 0 radical (unpaired) electrons. The van der Waals surface area contributed by atoms with Gasteiger partial charge < -0.3 is 11.1 Å². The van der Waals surface area contributed by atoms with Gasteiger partial charge in [0.15, 0.2) is 0 Å². The largest absolute Gasteiger partial charge is 0.399 e. The quantitative estimate of drug-likeness (QED) is 0.823. The van der Waals surface area contributed by atoms with Gasteiger partial charge in [-0.25, -0.2) is 0 Å². The van der Waals surface area contributed by atoms with Crippen LogP contribution in [0.4, 0.5) is 11.4 Å². The third-order valence-corrected chi connectivity index (χ3v) is 3.22. The van der Waals surface area contributed by atoms with Gasteiger partial charge in [0.2, 0.25) is 0 Å². The lowest BCUT2D eigenvalue weighted by molar-refractivity contribution is 1.02. The molecule has 0 spiro atoms. The molecular formula is C14H14Cl2N2. The molecule has 0 aromatic heterocycles. The van der Waals surface area contributed by atoms with Gasteiger partial charge in [0, 0.05) is 12.2 Å². The van der Waals surface area contributed by atoms with Crippen molar-refractivity contribution in [3.05, 3.63) is 58.1 Å². The Bertz CT molecular complexity index is 504. The van der Waals surface area contributed by atoms with Crippen molar-refractivity contribution in [2.45, 2.75) is 6.42 Å². The predicted molar refractivity (Wildman–Crippen MR) is 79.5 cm³/mol. The number of nitrogens with two attached hydrogens (primary N) is 1. The Morgan fingerprint density at radius 3 is 2.22 bits per heavy atom. The summed E-state index contributed by atoms with van der Waals surface area (Å²) in [4.78, 5) is 0. The van der Waals surface area contributed by atoms with Crippen molar-refractivity contribution in [1.29, 1.82) is 0 Å². The van der Waals surface area contributed by atoms with E-state index < -0.39 is 0 Å². The lowest BCUT2D eigenvalue weighted by Crippen LogP contribution is -2.06. The first-order chi connectivity index (χ1) is 8.66. The van der Waals surface area contributed by atoms with Crippen LogP contribution in [0.2, 0.25) is 10.0 Å². The Morgan fingerprint density at radius 1 is 1.00 bits per heavy atom. The van der Waals surface area contributed by atoms with Crippen LogP contribution in [0.3, 0.4) is 0 Å².